The summed E-state index contributed by atoms with van der Waals surface area (Å²) in [6.45, 7) is -0.325. The Kier molecular flexibility index (Phi) is 8.57. The van der Waals surface area contributed by atoms with E-state index in [1.54, 1.807) is 91.0 Å². The number of aromatic nitrogens is 5. The summed E-state index contributed by atoms with van der Waals surface area (Å²) >= 11 is 1.36. The fourth-order valence-corrected chi connectivity index (χ4v) is 5.20. The van der Waals surface area contributed by atoms with Crippen LogP contribution in [0.4, 0.5) is 0 Å². The van der Waals surface area contributed by atoms with Crippen LogP contribution in [-0.2, 0) is 18.9 Å². The van der Waals surface area contributed by atoms with Gasteiger partial charge in [0.2, 0.25) is 0 Å². The zero-order valence-electron chi connectivity index (χ0n) is 23.3. The molecule has 0 saturated carbocycles. The maximum Gasteiger partial charge on any atom is 0.338 e. The second-order valence-corrected chi connectivity index (χ2v) is 10.4. The second kappa shape index (κ2) is 13.0. The maximum absolute atomic E-state index is 13.4. The molecule has 12 nitrogen and oxygen atoms in total. The van der Waals surface area contributed by atoms with Crippen LogP contribution in [0.5, 0.6) is 0 Å². The summed E-state index contributed by atoms with van der Waals surface area (Å²) in [5.74, 6) is -1.97. The highest BCUT2D eigenvalue weighted by atomic mass is 32.2. The summed E-state index contributed by atoms with van der Waals surface area (Å²) in [6.07, 6.45) is -1.48. The van der Waals surface area contributed by atoms with Crippen molar-refractivity contribution < 1.29 is 33.3 Å². The van der Waals surface area contributed by atoms with Crippen molar-refractivity contribution in [1.29, 1.82) is 0 Å². The molecule has 0 N–H and O–H groups in total. The van der Waals surface area contributed by atoms with Crippen molar-refractivity contribution in [2.75, 3.05) is 12.9 Å². The number of esters is 3. The van der Waals surface area contributed by atoms with E-state index in [-0.39, 0.29) is 17.7 Å². The third-order valence-corrected chi connectivity index (χ3v) is 7.53. The number of nitrogens with zero attached hydrogens (tertiary/aromatic N) is 5. The molecule has 6 rings (SSSR count). The summed E-state index contributed by atoms with van der Waals surface area (Å²) in [7, 11) is 0. The average molecular weight is 612 g/mol. The SMILES string of the molecule is CSc1ncnc2c1nnn2[C@@H]1O[C@@H](COC(=O)c2ccccc2)[C@@H](OC(=O)c2ccccc2)[C@@H]1OC(=O)c1ccccc1. The summed E-state index contributed by atoms with van der Waals surface area (Å²) < 4.78 is 25.2. The molecular formula is C31H25N5O7S. The van der Waals surface area contributed by atoms with E-state index in [9.17, 15) is 14.4 Å². The van der Waals surface area contributed by atoms with Crippen LogP contribution in [0.15, 0.2) is 102 Å². The molecule has 5 aromatic rings. The Morgan fingerprint density at radius 3 is 1.89 bits per heavy atom. The van der Waals surface area contributed by atoms with Gasteiger partial charge in [0.1, 0.15) is 24.1 Å². The molecule has 1 aliphatic heterocycles. The van der Waals surface area contributed by atoms with Crippen LogP contribution >= 0.6 is 11.8 Å². The van der Waals surface area contributed by atoms with Gasteiger partial charge in [-0.3, -0.25) is 0 Å². The minimum Gasteiger partial charge on any atom is -0.459 e. The van der Waals surface area contributed by atoms with Crippen molar-refractivity contribution in [3.63, 3.8) is 0 Å². The van der Waals surface area contributed by atoms with Crippen molar-refractivity contribution >= 4 is 40.8 Å². The Bertz CT molecular complexity index is 1770. The lowest BCUT2D eigenvalue weighted by molar-refractivity contribution is -0.0661. The topological polar surface area (TPSA) is 145 Å². The molecular weight excluding hydrogens is 586 g/mol. The standard InChI is InChI=1S/C31H25N5O7S/c1-44-27-23-26(32-18-33-27)36(35-34-23)28-25(43-31(39)21-15-9-4-10-16-21)24(42-30(38)20-13-7-3-8-14-20)22(41-28)17-40-29(37)19-11-5-2-6-12-19/h2-16,18,22,24-25,28H,17H2,1H3/t22-,24+,25-,28+/m0/s1. The second-order valence-electron chi connectivity index (χ2n) is 9.59. The Balaban J connectivity index is 1.38. The van der Waals surface area contributed by atoms with Crippen LogP contribution in [0.3, 0.4) is 0 Å². The molecule has 4 atom stereocenters. The number of ether oxygens (including phenoxy) is 4. The molecule has 0 bridgehead atoms. The van der Waals surface area contributed by atoms with Crippen molar-refractivity contribution in [1.82, 2.24) is 25.0 Å². The predicted octanol–water partition coefficient (Wildman–Crippen LogP) is 4.15. The minimum absolute atomic E-state index is 0.271. The molecule has 1 saturated heterocycles. The van der Waals surface area contributed by atoms with Gasteiger partial charge in [-0.05, 0) is 42.7 Å². The maximum atomic E-state index is 13.4. The molecule has 0 radical (unpaired) electrons. The molecule has 0 spiro atoms. The first-order valence-electron chi connectivity index (χ1n) is 13.5. The van der Waals surface area contributed by atoms with Gasteiger partial charge in [0.25, 0.3) is 0 Å². The Morgan fingerprint density at radius 2 is 1.32 bits per heavy atom. The van der Waals surface area contributed by atoms with Crippen molar-refractivity contribution in [2.24, 2.45) is 0 Å². The third kappa shape index (κ3) is 6.00. The number of carbonyl (C=O) groups is 3. The normalized spacial score (nSPS) is 19.4. The van der Waals surface area contributed by atoms with E-state index in [2.05, 4.69) is 20.3 Å². The summed E-state index contributed by atoms with van der Waals surface area (Å²) in [5.41, 5.74) is 1.59. The van der Waals surface area contributed by atoms with Crippen LogP contribution < -0.4 is 0 Å². The molecule has 3 heterocycles. The molecule has 44 heavy (non-hydrogen) atoms. The minimum atomic E-state index is -1.24. The zero-order chi connectivity index (χ0) is 30.5. The van der Waals surface area contributed by atoms with Gasteiger partial charge in [0, 0.05) is 0 Å². The lowest BCUT2D eigenvalue weighted by Crippen LogP contribution is -2.41. The molecule has 0 amide bonds. The number of rotatable bonds is 9. The van der Waals surface area contributed by atoms with Gasteiger partial charge in [-0.1, -0.05) is 59.8 Å². The van der Waals surface area contributed by atoms with Crippen molar-refractivity contribution in [3.05, 3.63) is 114 Å². The smallest absolute Gasteiger partial charge is 0.338 e. The molecule has 0 unspecified atom stereocenters. The van der Waals surface area contributed by atoms with Crippen LogP contribution in [-0.4, -0.2) is 74.0 Å². The van der Waals surface area contributed by atoms with Crippen LogP contribution in [0.1, 0.15) is 37.3 Å². The number of benzene rings is 3. The van der Waals surface area contributed by atoms with E-state index in [4.69, 9.17) is 18.9 Å². The molecule has 2 aromatic heterocycles. The summed E-state index contributed by atoms with van der Waals surface area (Å²) in [5, 5.41) is 9.06. The summed E-state index contributed by atoms with van der Waals surface area (Å²) in [6, 6.07) is 25.1. The Labute approximate surface area is 255 Å². The largest absolute Gasteiger partial charge is 0.459 e. The van der Waals surface area contributed by atoms with Gasteiger partial charge in [-0.2, -0.15) is 4.68 Å². The van der Waals surface area contributed by atoms with Crippen LogP contribution in [0, 0.1) is 0 Å². The number of fused-ring (bicyclic) bond motifs is 1. The number of thioether (sulfide) groups is 1. The van der Waals surface area contributed by atoms with Crippen molar-refractivity contribution in [3.8, 4) is 0 Å². The van der Waals surface area contributed by atoms with Gasteiger partial charge >= 0.3 is 17.9 Å². The number of carbonyl (C=O) groups excluding carboxylic acids is 3. The molecule has 1 aliphatic rings. The van der Waals surface area contributed by atoms with Crippen LogP contribution in [0.25, 0.3) is 11.2 Å². The predicted molar refractivity (Wildman–Crippen MR) is 157 cm³/mol. The van der Waals surface area contributed by atoms with E-state index >= 15 is 0 Å². The van der Waals surface area contributed by atoms with Crippen molar-refractivity contribution in [2.45, 2.75) is 29.6 Å². The molecule has 13 heteroatoms. The van der Waals surface area contributed by atoms with E-state index in [1.165, 1.54) is 22.8 Å². The molecule has 0 aliphatic carbocycles. The van der Waals surface area contributed by atoms with Gasteiger partial charge in [-0.25, -0.2) is 24.4 Å². The van der Waals surface area contributed by atoms with E-state index in [1.807, 2.05) is 6.26 Å². The van der Waals surface area contributed by atoms with E-state index < -0.39 is 42.4 Å². The quantitative estimate of drug-likeness (QED) is 0.102. The van der Waals surface area contributed by atoms with Gasteiger partial charge in [0.15, 0.2) is 29.6 Å². The monoisotopic (exact) mass is 611 g/mol. The first-order valence-corrected chi connectivity index (χ1v) is 14.8. The number of hydrogen-bond donors (Lipinski definition) is 0. The molecule has 1 fully saturated rings. The number of hydrogen-bond acceptors (Lipinski definition) is 12. The fourth-order valence-electron chi connectivity index (χ4n) is 4.72. The van der Waals surface area contributed by atoms with Gasteiger partial charge < -0.3 is 18.9 Å². The zero-order valence-corrected chi connectivity index (χ0v) is 24.1. The van der Waals surface area contributed by atoms with Gasteiger partial charge in [0.05, 0.1) is 16.7 Å². The fraction of sp³-hybridized carbons (Fsp3) is 0.194. The third-order valence-electron chi connectivity index (χ3n) is 6.84. The first-order chi connectivity index (χ1) is 21.5. The Hall–Kier alpha value is -5.14. The highest BCUT2D eigenvalue weighted by Crippen LogP contribution is 2.36. The molecule has 222 valence electrons. The van der Waals surface area contributed by atoms with Gasteiger partial charge in [-0.15, -0.1) is 16.9 Å². The highest BCUT2D eigenvalue weighted by molar-refractivity contribution is 7.98. The molecule has 3 aromatic carbocycles. The van der Waals surface area contributed by atoms with Crippen LogP contribution in [0.2, 0.25) is 0 Å². The average Bonchev–Trinajstić information content (AvgIpc) is 3.65. The van der Waals surface area contributed by atoms with E-state index in [0.29, 0.717) is 21.8 Å². The Morgan fingerprint density at radius 1 is 0.773 bits per heavy atom. The lowest BCUT2D eigenvalue weighted by Gasteiger charge is -2.24. The highest BCUT2D eigenvalue weighted by Gasteiger charge is 2.52. The lowest BCUT2D eigenvalue weighted by atomic mass is 10.1. The van der Waals surface area contributed by atoms with E-state index in [0.717, 1.165) is 0 Å². The first kappa shape index (κ1) is 29.0. The summed E-state index contributed by atoms with van der Waals surface area (Å²) in [4.78, 5) is 48.1.